The average Bonchev–Trinajstić information content (AvgIpc) is 3.46. The van der Waals surface area contributed by atoms with Crippen LogP contribution in [0.25, 0.3) is 0 Å². The summed E-state index contributed by atoms with van der Waals surface area (Å²) in [4.78, 5) is 21.4. The first-order valence-corrected chi connectivity index (χ1v) is 12.7. The number of para-hydroxylation sites is 1. The van der Waals surface area contributed by atoms with E-state index in [0.717, 1.165) is 76.2 Å². The number of likely N-dealkylation sites (tertiary alicyclic amines) is 1. The Kier molecular flexibility index (Phi) is 6.96. The Morgan fingerprint density at radius 3 is 1.68 bits per heavy atom. The van der Waals surface area contributed by atoms with E-state index in [1.54, 1.807) is 0 Å². The summed E-state index contributed by atoms with van der Waals surface area (Å²) in [6.07, 6.45) is 3.00. The van der Waals surface area contributed by atoms with Crippen molar-refractivity contribution in [2.45, 2.75) is 24.7 Å². The molecule has 5 rings (SSSR count). The third-order valence-corrected chi connectivity index (χ3v) is 7.59. The smallest absolute Gasteiger partial charge is 0.237 e. The van der Waals surface area contributed by atoms with Gasteiger partial charge in [-0.25, -0.2) is 0 Å². The van der Waals surface area contributed by atoms with E-state index in [1.165, 1.54) is 5.69 Å². The van der Waals surface area contributed by atoms with Crippen LogP contribution in [-0.4, -0.2) is 61.5 Å². The van der Waals surface area contributed by atoms with Gasteiger partial charge in [-0.15, -0.1) is 0 Å². The first kappa shape index (κ1) is 22.7. The van der Waals surface area contributed by atoms with Crippen molar-refractivity contribution >= 4 is 11.6 Å². The fourth-order valence-corrected chi connectivity index (χ4v) is 5.64. The minimum atomic E-state index is -0.649. The predicted molar refractivity (Wildman–Crippen MR) is 139 cm³/mol. The number of nitrogens with zero attached hydrogens (tertiary/aromatic N) is 3. The highest BCUT2D eigenvalue weighted by atomic mass is 16.2. The van der Waals surface area contributed by atoms with Crippen LogP contribution in [0.15, 0.2) is 91.0 Å². The number of amides is 1. The van der Waals surface area contributed by atoms with E-state index in [1.807, 2.05) is 12.1 Å². The summed E-state index contributed by atoms with van der Waals surface area (Å²) in [5, 5.41) is 0. The molecule has 176 valence electrons. The molecule has 2 saturated heterocycles. The highest BCUT2D eigenvalue weighted by Crippen LogP contribution is 2.39. The van der Waals surface area contributed by atoms with E-state index in [4.69, 9.17) is 0 Å². The molecule has 3 aromatic rings. The molecule has 2 aliphatic rings. The molecule has 2 aliphatic heterocycles. The number of hydrogen-bond acceptors (Lipinski definition) is 3. The minimum absolute atomic E-state index is 0.269. The summed E-state index contributed by atoms with van der Waals surface area (Å²) in [6, 6.07) is 31.7. The topological polar surface area (TPSA) is 26.8 Å². The maximum Gasteiger partial charge on any atom is 0.237 e. The fraction of sp³-hybridized carbons (Fsp3) is 0.367. The third-order valence-electron chi connectivity index (χ3n) is 7.59. The predicted octanol–water partition coefficient (Wildman–Crippen LogP) is 4.81. The summed E-state index contributed by atoms with van der Waals surface area (Å²) in [7, 11) is 0. The molecule has 0 aliphatic carbocycles. The van der Waals surface area contributed by atoms with Crippen molar-refractivity contribution in [1.82, 2.24) is 9.80 Å². The molecule has 0 bridgehead atoms. The van der Waals surface area contributed by atoms with Crippen molar-refractivity contribution < 1.29 is 4.79 Å². The number of anilines is 1. The minimum Gasteiger partial charge on any atom is -0.369 e. The van der Waals surface area contributed by atoms with Gasteiger partial charge in [0.1, 0.15) is 5.41 Å². The van der Waals surface area contributed by atoms with Gasteiger partial charge in [-0.1, -0.05) is 78.9 Å². The molecule has 2 heterocycles. The van der Waals surface area contributed by atoms with E-state index >= 15 is 0 Å². The Bertz CT molecular complexity index is 1000. The maximum atomic E-state index is 14.3. The second-order valence-corrected chi connectivity index (χ2v) is 9.55. The van der Waals surface area contributed by atoms with Crippen LogP contribution >= 0.6 is 0 Å². The van der Waals surface area contributed by atoms with Gasteiger partial charge in [0.2, 0.25) is 5.91 Å². The molecular weight excluding hydrogens is 418 g/mol. The Hall–Kier alpha value is -3.11. The van der Waals surface area contributed by atoms with Crippen LogP contribution in [0.4, 0.5) is 5.69 Å². The molecule has 4 heteroatoms. The first-order chi connectivity index (χ1) is 16.8. The summed E-state index contributed by atoms with van der Waals surface area (Å²) in [5.41, 5.74) is 2.87. The van der Waals surface area contributed by atoms with Crippen molar-refractivity contribution in [1.29, 1.82) is 0 Å². The van der Waals surface area contributed by atoms with Gasteiger partial charge in [0.15, 0.2) is 0 Å². The number of carbonyl (C=O) groups excluding carboxylic acids is 1. The lowest BCUT2D eigenvalue weighted by molar-refractivity contribution is -0.135. The molecule has 0 spiro atoms. The van der Waals surface area contributed by atoms with Crippen molar-refractivity contribution in [3.05, 3.63) is 102 Å². The molecule has 0 unspecified atom stereocenters. The second-order valence-electron chi connectivity index (χ2n) is 9.55. The average molecular weight is 454 g/mol. The Labute approximate surface area is 203 Å². The maximum absolute atomic E-state index is 14.3. The number of carbonyl (C=O) groups is 1. The van der Waals surface area contributed by atoms with Gasteiger partial charge in [0, 0.05) is 45.0 Å². The monoisotopic (exact) mass is 453 g/mol. The molecule has 0 aromatic heterocycles. The molecule has 1 amide bonds. The number of rotatable bonds is 7. The Balaban J connectivity index is 1.40. The molecule has 34 heavy (non-hydrogen) atoms. The van der Waals surface area contributed by atoms with E-state index in [9.17, 15) is 4.79 Å². The molecule has 0 N–H and O–H groups in total. The zero-order chi connectivity index (χ0) is 23.2. The van der Waals surface area contributed by atoms with Crippen molar-refractivity contribution in [3.63, 3.8) is 0 Å². The van der Waals surface area contributed by atoms with E-state index in [-0.39, 0.29) is 5.91 Å². The highest BCUT2D eigenvalue weighted by Gasteiger charge is 2.45. The van der Waals surface area contributed by atoms with Crippen LogP contribution in [0, 0.1) is 0 Å². The summed E-state index contributed by atoms with van der Waals surface area (Å²) >= 11 is 0. The summed E-state index contributed by atoms with van der Waals surface area (Å²) in [6.45, 7) is 6.73. The molecule has 4 nitrogen and oxygen atoms in total. The third kappa shape index (κ3) is 4.60. The van der Waals surface area contributed by atoms with Gasteiger partial charge >= 0.3 is 0 Å². The van der Waals surface area contributed by atoms with Crippen molar-refractivity contribution in [3.8, 4) is 0 Å². The van der Waals surface area contributed by atoms with E-state index in [0.29, 0.717) is 0 Å². The molecule has 3 aromatic carbocycles. The Morgan fingerprint density at radius 1 is 0.647 bits per heavy atom. The second kappa shape index (κ2) is 10.4. The van der Waals surface area contributed by atoms with Crippen LogP contribution < -0.4 is 4.90 Å². The lowest BCUT2D eigenvalue weighted by Crippen LogP contribution is -2.51. The van der Waals surface area contributed by atoms with Gasteiger partial charge in [0.05, 0.1) is 0 Å². The van der Waals surface area contributed by atoms with Gasteiger partial charge in [-0.3, -0.25) is 9.69 Å². The van der Waals surface area contributed by atoms with Crippen molar-refractivity contribution in [2.75, 3.05) is 50.7 Å². The van der Waals surface area contributed by atoms with Crippen LogP contribution in [0.1, 0.15) is 30.4 Å². The lowest BCUT2D eigenvalue weighted by Gasteiger charge is -2.40. The molecule has 2 fully saturated rings. The number of piperazine rings is 1. The SMILES string of the molecule is O=C(N1CCCC1)C(CCN1CCN(c2ccccc2)CC1)(c1ccccc1)c1ccccc1. The molecular formula is C30H35N3O. The van der Waals surface area contributed by atoms with Crippen LogP contribution in [0.3, 0.4) is 0 Å². The van der Waals surface area contributed by atoms with Crippen LogP contribution in [0.5, 0.6) is 0 Å². The standard InChI is InChI=1S/C30H35N3O/c34-29(33-19-10-11-20-33)30(26-12-4-1-5-13-26,27-14-6-2-7-15-27)18-21-31-22-24-32(25-23-31)28-16-8-3-9-17-28/h1-9,12-17H,10-11,18-25H2. The summed E-state index contributed by atoms with van der Waals surface area (Å²) in [5.74, 6) is 0.269. The fourth-order valence-electron chi connectivity index (χ4n) is 5.64. The quantitative estimate of drug-likeness (QED) is 0.514. The highest BCUT2D eigenvalue weighted by molar-refractivity contribution is 5.92. The molecule has 0 radical (unpaired) electrons. The van der Waals surface area contributed by atoms with Crippen LogP contribution in [-0.2, 0) is 10.2 Å². The first-order valence-electron chi connectivity index (χ1n) is 12.7. The van der Waals surface area contributed by atoms with E-state index in [2.05, 4.69) is 93.6 Å². The van der Waals surface area contributed by atoms with Crippen LogP contribution in [0.2, 0.25) is 0 Å². The van der Waals surface area contributed by atoms with Crippen molar-refractivity contribution in [2.24, 2.45) is 0 Å². The lowest BCUT2D eigenvalue weighted by atomic mass is 9.70. The Morgan fingerprint density at radius 2 is 1.15 bits per heavy atom. The molecule has 0 saturated carbocycles. The largest absolute Gasteiger partial charge is 0.369 e. The van der Waals surface area contributed by atoms with Gasteiger partial charge < -0.3 is 9.80 Å². The molecule has 0 atom stereocenters. The number of hydrogen-bond donors (Lipinski definition) is 0. The van der Waals surface area contributed by atoms with Gasteiger partial charge in [-0.05, 0) is 49.1 Å². The number of benzene rings is 3. The van der Waals surface area contributed by atoms with Gasteiger partial charge in [0.25, 0.3) is 0 Å². The zero-order valence-electron chi connectivity index (χ0n) is 20.0. The summed E-state index contributed by atoms with van der Waals surface area (Å²) < 4.78 is 0. The normalized spacial score (nSPS) is 17.2. The zero-order valence-corrected chi connectivity index (χ0v) is 20.0. The van der Waals surface area contributed by atoms with Gasteiger partial charge in [-0.2, -0.15) is 0 Å². The van der Waals surface area contributed by atoms with E-state index < -0.39 is 5.41 Å².